The van der Waals surface area contributed by atoms with E-state index in [-0.39, 0.29) is 0 Å². The van der Waals surface area contributed by atoms with Crippen LogP contribution in [0.15, 0.2) is 36.4 Å². The largest absolute Gasteiger partial charge is 0.493 e. The highest BCUT2D eigenvalue weighted by atomic mass is 16.5. The van der Waals surface area contributed by atoms with Crippen molar-refractivity contribution in [2.24, 2.45) is 0 Å². The number of aryl methyl sites for hydroxylation is 1. The van der Waals surface area contributed by atoms with Gasteiger partial charge in [0.2, 0.25) is 0 Å². The van der Waals surface area contributed by atoms with Crippen molar-refractivity contribution in [3.8, 4) is 11.5 Å². The zero-order valence-electron chi connectivity index (χ0n) is 16.2. The van der Waals surface area contributed by atoms with E-state index in [0.717, 1.165) is 37.4 Å². The summed E-state index contributed by atoms with van der Waals surface area (Å²) >= 11 is 0. The van der Waals surface area contributed by atoms with Crippen LogP contribution in [0.4, 0.5) is 0 Å². The van der Waals surface area contributed by atoms with E-state index in [1.165, 1.54) is 22.3 Å². The Morgan fingerprint density at radius 3 is 2.24 bits per heavy atom. The number of hydrogen-bond acceptors (Lipinski definition) is 3. The molecule has 0 spiro atoms. The lowest BCUT2D eigenvalue weighted by molar-refractivity contribution is 0.354. The predicted octanol–water partition coefficient (Wildman–Crippen LogP) is 4.72. The summed E-state index contributed by atoms with van der Waals surface area (Å²) in [6, 6.07) is 13.0. The van der Waals surface area contributed by atoms with Crippen LogP contribution in [0.25, 0.3) is 0 Å². The monoisotopic (exact) mass is 341 g/mol. The summed E-state index contributed by atoms with van der Waals surface area (Å²) < 4.78 is 10.8. The lowest BCUT2D eigenvalue weighted by Crippen LogP contribution is -2.17. The quantitative estimate of drug-likeness (QED) is 0.669. The Morgan fingerprint density at radius 1 is 0.960 bits per heavy atom. The van der Waals surface area contributed by atoms with Crippen LogP contribution in [0.2, 0.25) is 0 Å². The smallest absolute Gasteiger partial charge is 0.161 e. The normalized spacial score (nSPS) is 11.0. The van der Waals surface area contributed by atoms with Crippen LogP contribution in [0.5, 0.6) is 11.5 Å². The Hall–Kier alpha value is -2.00. The molecule has 0 fully saturated rings. The Kier molecular flexibility index (Phi) is 7.32. The predicted molar refractivity (Wildman–Crippen MR) is 105 cm³/mol. The summed E-state index contributed by atoms with van der Waals surface area (Å²) in [5, 5.41) is 3.56. The zero-order chi connectivity index (χ0) is 18.2. The van der Waals surface area contributed by atoms with Crippen LogP contribution in [-0.4, -0.2) is 20.8 Å². The van der Waals surface area contributed by atoms with E-state index in [4.69, 9.17) is 9.47 Å². The van der Waals surface area contributed by atoms with Gasteiger partial charge in [-0.15, -0.1) is 0 Å². The fourth-order valence-electron chi connectivity index (χ4n) is 3.04. The van der Waals surface area contributed by atoms with Crippen molar-refractivity contribution < 1.29 is 9.47 Å². The maximum absolute atomic E-state index is 5.44. The highest BCUT2D eigenvalue weighted by Gasteiger charge is 2.10. The SMILES string of the molecule is CCc1cc(OC)c(OC)cc1CCNCc1cccc(C(C)C)c1. The van der Waals surface area contributed by atoms with Gasteiger partial charge in [-0.1, -0.05) is 45.0 Å². The van der Waals surface area contributed by atoms with Gasteiger partial charge in [0.25, 0.3) is 0 Å². The average Bonchev–Trinajstić information content (AvgIpc) is 2.64. The Labute approximate surface area is 152 Å². The van der Waals surface area contributed by atoms with Gasteiger partial charge in [0.1, 0.15) is 0 Å². The molecule has 0 aliphatic carbocycles. The number of nitrogens with one attached hydrogen (secondary N) is 1. The third kappa shape index (κ3) is 5.23. The van der Waals surface area contributed by atoms with Gasteiger partial charge in [-0.25, -0.2) is 0 Å². The summed E-state index contributed by atoms with van der Waals surface area (Å²) in [6.07, 6.45) is 1.97. The Bertz CT molecular complexity index is 680. The van der Waals surface area contributed by atoms with E-state index in [9.17, 15) is 0 Å². The molecule has 0 atom stereocenters. The molecule has 0 unspecified atom stereocenters. The van der Waals surface area contributed by atoms with Crippen molar-refractivity contribution >= 4 is 0 Å². The summed E-state index contributed by atoms with van der Waals surface area (Å²) in [6.45, 7) is 8.48. The van der Waals surface area contributed by atoms with Crippen LogP contribution in [0, 0.1) is 0 Å². The summed E-state index contributed by atoms with van der Waals surface area (Å²) in [5.41, 5.74) is 5.38. The van der Waals surface area contributed by atoms with Crippen LogP contribution in [-0.2, 0) is 19.4 Å². The summed E-state index contributed by atoms with van der Waals surface area (Å²) in [5.74, 6) is 2.18. The van der Waals surface area contributed by atoms with Crippen LogP contribution in [0.3, 0.4) is 0 Å². The van der Waals surface area contributed by atoms with Gasteiger partial charge in [0.05, 0.1) is 14.2 Å². The van der Waals surface area contributed by atoms with Gasteiger partial charge < -0.3 is 14.8 Å². The number of rotatable bonds is 9. The summed E-state index contributed by atoms with van der Waals surface area (Å²) in [4.78, 5) is 0. The van der Waals surface area contributed by atoms with Crippen molar-refractivity contribution in [3.05, 3.63) is 58.7 Å². The van der Waals surface area contributed by atoms with E-state index in [0.29, 0.717) is 5.92 Å². The minimum absolute atomic E-state index is 0.568. The molecule has 2 aromatic carbocycles. The lowest BCUT2D eigenvalue weighted by Gasteiger charge is -2.14. The molecule has 0 aliphatic rings. The first kappa shape index (κ1) is 19.3. The molecule has 0 bridgehead atoms. The van der Waals surface area contributed by atoms with Crippen molar-refractivity contribution in [1.82, 2.24) is 5.32 Å². The van der Waals surface area contributed by atoms with Crippen LogP contribution < -0.4 is 14.8 Å². The van der Waals surface area contributed by atoms with Crippen molar-refractivity contribution in [2.75, 3.05) is 20.8 Å². The molecule has 1 N–H and O–H groups in total. The molecule has 2 aromatic rings. The molecule has 0 aliphatic heterocycles. The van der Waals surface area contributed by atoms with Gasteiger partial charge in [-0.3, -0.25) is 0 Å². The number of methoxy groups -OCH3 is 2. The standard InChI is InChI=1S/C22H31NO2/c1-6-18-13-21(24-4)22(25-5)14-20(18)10-11-23-15-17-8-7-9-19(12-17)16(2)3/h7-9,12-14,16,23H,6,10-11,15H2,1-5H3. The first-order valence-corrected chi connectivity index (χ1v) is 9.12. The lowest BCUT2D eigenvalue weighted by atomic mass is 10.0. The third-order valence-corrected chi connectivity index (χ3v) is 4.60. The number of hydrogen-bond donors (Lipinski definition) is 1. The Balaban J connectivity index is 1.96. The molecule has 0 heterocycles. The minimum atomic E-state index is 0.568. The molecule has 0 radical (unpaired) electrons. The van der Waals surface area contributed by atoms with Crippen molar-refractivity contribution in [3.63, 3.8) is 0 Å². The van der Waals surface area contributed by atoms with Crippen molar-refractivity contribution in [1.29, 1.82) is 0 Å². The molecule has 2 rings (SSSR count). The molecule has 3 nitrogen and oxygen atoms in total. The first-order chi connectivity index (χ1) is 12.1. The van der Waals surface area contributed by atoms with E-state index in [1.807, 2.05) is 0 Å². The first-order valence-electron chi connectivity index (χ1n) is 9.12. The fourth-order valence-corrected chi connectivity index (χ4v) is 3.04. The molecule has 0 saturated heterocycles. The highest BCUT2D eigenvalue weighted by molar-refractivity contribution is 5.47. The second kappa shape index (κ2) is 9.47. The number of ether oxygens (including phenoxy) is 2. The van der Waals surface area contributed by atoms with Gasteiger partial charge in [0, 0.05) is 6.54 Å². The molecule has 25 heavy (non-hydrogen) atoms. The maximum atomic E-state index is 5.44. The van der Waals surface area contributed by atoms with Crippen molar-refractivity contribution in [2.45, 2.75) is 46.1 Å². The van der Waals surface area contributed by atoms with E-state index in [2.05, 4.69) is 62.5 Å². The molecule has 0 saturated carbocycles. The molecule has 0 aromatic heterocycles. The average molecular weight is 341 g/mol. The van der Waals surface area contributed by atoms with Gasteiger partial charge >= 0.3 is 0 Å². The zero-order valence-corrected chi connectivity index (χ0v) is 16.2. The van der Waals surface area contributed by atoms with E-state index in [1.54, 1.807) is 14.2 Å². The second-order valence-electron chi connectivity index (χ2n) is 6.66. The minimum Gasteiger partial charge on any atom is -0.493 e. The third-order valence-electron chi connectivity index (χ3n) is 4.60. The Morgan fingerprint density at radius 2 is 1.64 bits per heavy atom. The molecule has 136 valence electrons. The van der Waals surface area contributed by atoms with Gasteiger partial charge in [-0.05, 0) is 59.7 Å². The van der Waals surface area contributed by atoms with Crippen LogP contribution in [0.1, 0.15) is 48.9 Å². The maximum Gasteiger partial charge on any atom is 0.161 e. The highest BCUT2D eigenvalue weighted by Crippen LogP contribution is 2.31. The van der Waals surface area contributed by atoms with E-state index < -0.39 is 0 Å². The van der Waals surface area contributed by atoms with E-state index >= 15 is 0 Å². The summed E-state index contributed by atoms with van der Waals surface area (Å²) in [7, 11) is 3.37. The molecular weight excluding hydrogens is 310 g/mol. The van der Waals surface area contributed by atoms with Crippen LogP contribution >= 0.6 is 0 Å². The van der Waals surface area contributed by atoms with Gasteiger partial charge in [-0.2, -0.15) is 0 Å². The topological polar surface area (TPSA) is 30.5 Å². The van der Waals surface area contributed by atoms with Gasteiger partial charge in [0.15, 0.2) is 11.5 Å². The number of benzene rings is 2. The molecule has 3 heteroatoms. The fraction of sp³-hybridized carbons (Fsp3) is 0.455. The molecular formula is C22H31NO2. The second-order valence-corrected chi connectivity index (χ2v) is 6.66. The molecule has 0 amide bonds.